The summed E-state index contributed by atoms with van der Waals surface area (Å²) in [5.41, 5.74) is 7.31. The minimum Gasteiger partial charge on any atom is -0.479 e. The number of carbonyl (C=O) groups excluding carboxylic acids is 1. The number of hydrogen-bond donors (Lipinski definition) is 1. The Morgan fingerprint density at radius 3 is 2.47 bits per heavy atom. The minimum absolute atomic E-state index is 0.0129. The number of halogens is 3. The highest BCUT2D eigenvalue weighted by molar-refractivity contribution is 6.04. The molecule has 0 saturated heterocycles. The summed E-state index contributed by atoms with van der Waals surface area (Å²) >= 11 is 0. The number of amides is 1. The summed E-state index contributed by atoms with van der Waals surface area (Å²) in [6.07, 6.45) is -5.19. The molecule has 0 bridgehead atoms. The normalized spacial score (nSPS) is 16.2. The fraction of sp³-hybridized carbons (Fsp3) is 0.250. The van der Waals surface area contributed by atoms with Crippen LogP contribution in [0.1, 0.15) is 36.8 Å². The third kappa shape index (κ3) is 4.46. The van der Waals surface area contributed by atoms with Gasteiger partial charge in [0.25, 0.3) is 5.91 Å². The topological polar surface area (TPSA) is 84.6 Å². The number of ether oxygens (including phenoxy) is 1. The van der Waals surface area contributed by atoms with Gasteiger partial charge in [0.15, 0.2) is 6.10 Å². The number of aryl methyl sites for hydroxylation is 1. The Kier molecular flexibility index (Phi) is 6.13. The molecule has 0 unspecified atom stereocenters. The van der Waals surface area contributed by atoms with Gasteiger partial charge in [-0.25, -0.2) is 9.97 Å². The number of nitrogens with zero attached hydrogens (tertiary/aromatic N) is 4. The molecular weight excluding hydrogens is 495 g/mol. The third-order valence-electron chi connectivity index (χ3n) is 6.65. The molecule has 7 nitrogen and oxygen atoms in total. The molecular formula is C28H26F3N5O2. The van der Waals surface area contributed by atoms with Gasteiger partial charge in [0.2, 0.25) is 0 Å². The van der Waals surface area contributed by atoms with Crippen LogP contribution in [0.3, 0.4) is 0 Å². The Morgan fingerprint density at radius 2 is 1.79 bits per heavy atom. The van der Waals surface area contributed by atoms with Gasteiger partial charge in [-0.05, 0) is 62.7 Å². The van der Waals surface area contributed by atoms with Crippen LogP contribution in [0.5, 0.6) is 5.75 Å². The number of aromatic nitrogens is 2. The molecule has 3 aromatic carbocycles. The van der Waals surface area contributed by atoms with Crippen LogP contribution in [0.2, 0.25) is 0 Å². The number of para-hydroxylation sites is 1. The Labute approximate surface area is 217 Å². The van der Waals surface area contributed by atoms with Crippen molar-refractivity contribution in [3.8, 4) is 5.75 Å². The van der Waals surface area contributed by atoms with Gasteiger partial charge in [0.05, 0.1) is 22.8 Å². The van der Waals surface area contributed by atoms with Crippen LogP contribution < -0.4 is 20.3 Å². The summed E-state index contributed by atoms with van der Waals surface area (Å²) < 4.78 is 46.8. The highest BCUT2D eigenvalue weighted by atomic mass is 19.4. The first-order valence-corrected chi connectivity index (χ1v) is 12.0. The van der Waals surface area contributed by atoms with Crippen LogP contribution in [-0.2, 0) is 11.0 Å². The lowest BCUT2D eigenvalue weighted by Crippen LogP contribution is -2.42. The van der Waals surface area contributed by atoms with Crippen molar-refractivity contribution in [2.45, 2.75) is 39.1 Å². The van der Waals surface area contributed by atoms with Crippen LogP contribution in [0.15, 0.2) is 60.7 Å². The SMILES string of the molecule is Cc1nc(N(c2ccccc2)[C@H](C)c2cc(N)cc(C(F)(F)F)c2)c2cc3c(cc2n1)O[C@H](C)C(=O)N3C. The van der Waals surface area contributed by atoms with Crippen LogP contribution in [0.4, 0.5) is 36.1 Å². The van der Waals surface area contributed by atoms with Crippen molar-refractivity contribution in [3.05, 3.63) is 77.6 Å². The first kappa shape index (κ1) is 25.3. The second-order valence-electron chi connectivity index (χ2n) is 9.36. The van der Waals surface area contributed by atoms with Crippen molar-refractivity contribution in [2.75, 3.05) is 22.6 Å². The van der Waals surface area contributed by atoms with E-state index in [9.17, 15) is 18.0 Å². The number of benzene rings is 3. The second-order valence-corrected chi connectivity index (χ2v) is 9.36. The van der Waals surface area contributed by atoms with E-state index < -0.39 is 23.9 Å². The summed E-state index contributed by atoms with van der Waals surface area (Å²) in [5, 5.41) is 0.614. The molecule has 2 heterocycles. The van der Waals surface area contributed by atoms with E-state index in [0.717, 1.165) is 12.1 Å². The molecule has 0 fully saturated rings. The Bertz CT molecular complexity index is 1540. The number of fused-ring (bicyclic) bond motifs is 2. The third-order valence-corrected chi connectivity index (χ3v) is 6.65. The zero-order chi connectivity index (χ0) is 27.4. The van der Waals surface area contributed by atoms with E-state index in [2.05, 4.69) is 4.98 Å². The van der Waals surface area contributed by atoms with Gasteiger partial charge >= 0.3 is 6.18 Å². The quantitative estimate of drug-likeness (QED) is 0.323. The second kappa shape index (κ2) is 9.20. The van der Waals surface area contributed by atoms with E-state index in [1.807, 2.05) is 35.2 Å². The van der Waals surface area contributed by atoms with E-state index in [1.165, 1.54) is 11.0 Å². The fourth-order valence-corrected chi connectivity index (χ4v) is 4.76. The zero-order valence-corrected chi connectivity index (χ0v) is 21.2. The molecule has 0 aliphatic carbocycles. The van der Waals surface area contributed by atoms with E-state index in [-0.39, 0.29) is 11.6 Å². The lowest BCUT2D eigenvalue weighted by atomic mass is 10.0. The number of hydrogen-bond acceptors (Lipinski definition) is 6. The molecule has 1 amide bonds. The van der Waals surface area contributed by atoms with Crippen LogP contribution in [0, 0.1) is 6.92 Å². The Morgan fingerprint density at radius 1 is 1.08 bits per heavy atom. The molecule has 38 heavy (non-hydrogen) atoms. The van der Waals surface area contributed by atoms with E-state index in [0.29, 0.717) is 45.2 Å². The molecule has 196 valence electrons. The van der Waals surface area contributed by atoms with Crippen LogP contribution >= 0.6 is 0 Å². The average Bonchev–Trinajstić information content (AvgIpc) is 2.86. The maximum absolute atomic E-state index is 13.6. The molecule has 2 atom stereocenters. The van der Waals surface area contributed by atoms with Crippen molar-refractivity contribution < 1.29 is 22.7 Å². The molecule has 0 saturated carbocycles. The molecule has 0 spiro atoms. The van der Waals surface area contributed by atoms with Gasteiger partial charge in [0.1, 0.15) is 17.4 Å². The lowest BCUT2D eigenvalue weighted by Gasteiger charge is -2.34. The molecule has 0 radical (unpaired) electrons. The monoisotopic (exact) mass is 521 g/mol. The number of carbonyl (C=O) groups is 1. The molecule has 1 aliphatic heterocycles. The van der Waals surface area contributed by atoms with Crippen molar-refractivity contribution >= 4 is 39.7 Å². The summed E-state index contributed by atoms with van der Waals surface area (Å²) in [7, 11) is 1.67. The van der Waals surface area contributed by atoms with Crippen molar-refractivity contribution in [3.63, 3.8) is 0 Å². The first-order chi connectivity index (χ1) is 17.9. The van der Waals surface area contributed by atoms with Crippen LogP contribution in [-0.4, -0.2) is 29.0 Å². The highest BCUT2D eigenvalue weighted by Crippen LogP contribution is 2.43. The smallest absolute Gasteiger partial charge is 0.416 e. The Hall–Kier alpha value is -4.34. The van der Waals surface area contributed by atoms with Crippen molar-refractivity contribution in [1.29, 1.82) is 0 Å². The van der Waals surface area contributed by atoms with Gasteiger partial charge < -0.3 is 20.3 Å². The molecule has 4 aromatic rings. The standard InChI is InChI=1S/C28H26F3N5O2/c1-15(18-10-19(28(29,30)31)12-20(32)11-18)36(21-8-6-5-7-9-21)26-22-13-24-25(14-23(22)33-17(3)34-26)38-16(2)27(37)35(24)4/h5-16H,32H2,1-4H3/t15-,16-/m1/s1. The Balaban J connectivity index is 1.75. The first-order valence-electron chi connectivity index (χ1n) is 12.0. The highest BCUT2D eigenvalue weighted by Gasteiger charge is 2.33. The minimum atomic E-state index is -4.55. The fourth-order valence-electron chi connectivity index (χ4n) is 4.76. The number of nitrogens with two attached hydrogens (primary N) is 1. The number of likely N-dealkylation sites (N-methyl/N-ethyl adjacent to an activating group) is 1. The summed E-state index contributed by atoms with van der Waals surface area (Å²) in [6, 6.07) is 15.8. The number of anilines is 4. The van der Waals surface area contributed by atoms with Gasteiger partial charge in [0, 0.05) is 29.9 Å². The van der Waals surface area contributed by atoms with E-state index in [4.69, 9.17) is 15.5 Å². The maximum atomic E-state index is 13.6. The van der Waals surface area contributed by atoms with Gasteiger partial charge in [-0.15, -0.1) is 0 Å². The number of rotatable bonds is 4. The number of nitrogen functional groups attached to an aromatic ring is 1. The molecule has 1 aliphatic rings. The van der Waals surface area contributed by atoms with Crippen molar-refractivity contribution in [2.24, 2.45) is 0 Å². The maximum Gasteiger partial charge on any atom is 0.416 e. The van der Waals surface area contributed by atoms with E-state index >= 15 is 0 Å². The summed E-state index contributed by atoms with van der Waals surface area (Å²) in [5.74, 6) is 1.27. The predicted molar refractivity (Wildman–Crippen MR) is 141 cm³/mol. The predicted octanol–water partition coefficient (Wildman–Crippen LogP) is 6.18. The molecule has 1 aromatic heterocycles. The lowest BCUT2D eigenvalue weighted by molar-refractivity contribution is -0.137. The van der Waals surface area contributed by atoms with Crippen molar-refractivity contribution in [1.82, 2.24) is 9.97 Å². The molecule has 5 rings (SSSR count). The summed E-state index contributed by atoms with van der Waals surface area (Å²) in [4.78, 5) is 25.3. The van der Waals surface area contributed by atoms with Crippen LogP contribution in [0.25, 0.3) is 10.9 Å². The van der Waals surface area contributed by atoms with Gasteiger partial charge in [-0.2, -0.15) is 13.2 Å². The average molecular weight is 522 g/mol. The van der Waals surface area contributed by atoms with E-state index in [1.54, 1.807) is 40.0 Å². The number of alkyl halides is 3. The largest absolute Gasteiger partial charge is 0.479 e. The van der Waals surface area contributed by atoms with Gasteiger partial charge in [-0.3, -0.25) is 4.79 Å². The molecule has 2 N–H and O–H groups in total. The summed E-state index contributed by atoms with van der Waals surface area (Å²) in [6.45, 7) is 5.23. The van der Waals surface area contributed by atoms with Gasteiger partial charge in [-0.1, -0.05) is 18.2 Å². The molecule has 10 heteroatoms. The zero-order valence-electron chi connectivity index (χ0n) is 21.2.